The number of anilines is 1. The second-order valence-electron chi connectivity index (χ2n) is 3.95. The minimum atomic E-state index is 0.0199. The first kappa shape index (κ1) is 11.1. The Morgan fingerprint density at radius 2 is 2.38 bits per heavy atom. The smallest absolute Gasteiger partial charge is 0.224 e. The topological polar surface area (TPSA) is 56.2 Å². The predicted molar refractivity (Wildman–Crippen MR) is 60.2 cm³/mol. The quantitative estimate of drug-likeness (QED) is 0.846. The third-order valence-electron chi connectivity index (χ3n) is 2.77. The molecule has 5 nitrogen and oxygen atoms in total. The van der Waals surface area contributed by atoms with Gasteiger partial charge in [0.25, 0.3) is 0 Å². The number of carbonyl (C=O) groups is 1. The van der Waals surface area contributed by atoms with Gasteiger partial charge < -0.3 is 10.1 Å². The molecule has 0 radical (unpaired) electrons. The second-order valence-corrected chi connectivity index (χ2v) is 3.95. The average Bonchev–Trinajstić information content (AvgIpc) is 2.78. The lowest BCUT2D eigenvalue weighted by atomic mass is 10.1. The van der Waals surface area contributed by atoms with Gasteiger partial charge in [0.1, 0.15) is 0 Å². The number of nitrogens with zero attached hydrogens (tertiary/aromatic N) is 2. The molecule has 2 rings (SSSR count). The fourth-order valence-electron chi connectivity index (χ4n) is 1.80. The van der Waals surface area contributed by atoms with Crippen LogP contribution in [0.5, 0.6) is 0 Å². The highest BCUT2D eigenvalue weighted by atomic mass is 16.5. The van der Waals surface area contributed by atoms with Crippen LogP contribution < -0.4 is 5.32 Å². The molecule has 0 atom stereocenters. The third kappa shape index (κ3) is 2.61. The molecule has 0 aliphatic carbocycles. The van der Waals surface area contributed by atoms with Gasteiger partial charge in [0.2, 0.25) is 5.91 Å². The van der Waals surface area contributed by atoms with Crippen LogP contribution in [0.15, 0.2) is 12.4 Å². The number of rotatable bonds is 3. The summed E-state index contributed by atoms with van der Waals surface area (Å²) in [5, 5.41) is 7.07. The summed E-state index contributed by atoms with van der Waals surface area (Å²) in [4.78, 5) is 11.2. The number of hydrogen-bond donors (Lipinski definition) is 1. The van der Waals surface area contributed by atoms with E-state index in [4.69, 9.17) is 4.74 Å². The average molecular weight is 223 g/mol. The second kappa shape index (κ2) is 5.12. The Balaban J connectivity index is 1.98. The molecule has 0 spiro atoms. The van der Waals surface area contributed by atoms with E-state index in [1.165, 1.54) is 0 Å². The van der Waals surface area contributed by atoms with Gasteiger partial charge >= 0.3 is 0 Å². The number of ether oxygens (including phenoxy) is 1. The lowest BCUT2D eigenvalue weighted by molar-refractivity contribution is -0.115. The Bertz CT molecular complexity index is 356. The van der Waals surface area contributed by atoms with Crippen molar-refractivity contribution in [3.8, 4) is 0 Å². The largest absolute Gasteiger partial charge is 0.381 e. The monoisotopic (exact) mass is 223 g/mol. The standard InChI is InChI=1S/C11H17N3O2/c1-2-11(15)13-9-7-12-14(8-9)10-3-5-16-6-4-10/h7-8,10H,2-6H2,1H3,(H,13,15). The van der Waals surface area contributed by atoms with Gasteiger partial charge in [0.15, 0.2) is 0 Å². The molecule has 5 heteroatoms. The van der Waals surface area contributed by atoms with E-state index in [9.17, 15) is 4.79 Å². The lowest BCUT2D eigenvalue weighted by Gasteiger charge is -2.22. The molecule has 1 fully saturated rings. The zero-order valence-corrected chi connectivity index (χ0v) is 9.48. The van der Waals surface area contributed by atoms with Crippen LogP contribution in [0, 0.1) is 0 Å². The predicted octanol–water partition coefficient (Wildman–Crippen LogP) is 1.58. The van der Waals surface area contributed by atoms with E-state index in [-0.39, 0.29) is 5.91 Å². The van der Waals surface area contributed by atoms with Crippen LogP contribution in [0.4, 0.5) is 5.69 Å². The van der Waals surface area contributed by atoms with Crippen LogP contribution in [0.25, 0.3) is 0 Å². The fraction of sp³-hybridized carbons (Fsp3) is 0.636. The van der Waals surface area contributed by atoms with Crippen LogP contribution in [0.3, 0.4) is 0 Å². The third-order valence-corrected chi connectivity index (χ3v) is 2.77. The normalized spacial score (nSPS) is 17.3. The minimum Gasteiger partial charge on any atom is -0.381 e. The summed E-state index contributed by atoms with van der Waals surface area (Å²) in [5.74, 6) is 0.0199. The van der Waals surface area contributed by atoms with Crippen molar-refractivity contribution >= 4 is 11.6 Å². The maximum absolute atomic E-state index is 11.2. The van der Waals surface area contributed by atoms with Crippen molar-refractivity contribution in [2.45, 2.75) is 32.2 Å². The first-order valence-electron chi connectivity index (χ1n) is 5.71. The first-order chi connectivity index (χ1) is 7.79. The molecule has 1 N–H and O–H groups in total. The Morgan fingerprint density at radius 1 is 1.62 bits per heavy atom. The molecule has 1 aromatic rings. The Morgan fingerprint density at radius 3 is 3.06 bits per heavy atom. The SMILES string of the molecule is CCC(=O)Nc1cnn(C2CCOCC2)c1. The van der Waals surface area contributed by atoms with Gasteiger partial charge in [-0.15, -0.1) is 0 Å². The van der Waals surface area contributed by atoms with E-state index in [1.807, 2.05) is 17.8 Å². The lowest BCUT2D eigenvalue weighted by Crippen LogP contribution is -2.19. The summed E-state index contributed by atoms with van der Waals surface area (Å²) in [6, 6.07) is 0.404. The molecule has 1 aliphatic heterocycles. The van der Waals surface area contributed by atoms with Gasteiger partial charge in [-0.2, -0.15) is 5.10 Å². The number of hydrogen-bond acceptors (Lipinski definition) is 3. The van der Waals surface area contributed by atoms with Crippen molar-refractivity contribution in [3.63, 3.8) is 0 Å². The van der Waals surface area contributed by atoms with Crippen molar-refractivity contribution in [1.82, 2.24) is 9.78 Å². The van der Waals surface area contributed by atoms with Crippen molar-refractivity contribution in [2.75, 3.05) is 18.5 Å². The first-order valence-corrected chi connectivity index (χ1v) is 5.71. The Labute approximate surface area is 94.8 Å². The number of carbonyl (C=O) groups excluding carboxylic acids is 1. The van der Waals surface area contributed by atoms with Crippen molar-refractivity contribution in [1.29, 1.82) is 0 Å². The van der Waals surface area contributed by atoms with Gasteiger partial charge in [-0.05, 0) is 12.8 Å². The molecule has 88 valence electrons. The maximum Gasteiger partial charge on any atom is 0.224 e. The van der Waals surface area contributed by atoms with Crippen molar-refractivity contribution in [2.24, 2.45) is 0 Å². The fourth-order valence-corrected chi connectivity index (χ4v) is 1.80. The van der Waals surface area contributed by atoms with Crippen molar-refractivity contribution in [3.05, 3.63) is 12.4 Å². The van der Waals surface area contributed by atoms with Crippen LogP contribution in [0.2, 0.25) is 0 Å². The molecule has 0 saturated carbocycles. The summed E-state index contributed by atoms with van der Waals surface area (Å²) in [7, 11) is 0. The van der Waals surface area contributed by atoms with E-state index in [0.717, 1.165) is 31.7 Å². The number of amides is 1. The zero-order chi connectivity index (χ0) is 11.4. The molecule has 1 aliphatic rings. The van der Waals surface area contributed by atoms with Gasteiger partial charge in [0, 0.05) is 25.8 Å². The van der Waals surface area contributed by atoms with Crippen LogP contribution in [0.1, 0.15) is 32.2 Å². The molecule has 16 heavy (non-hydrogen) atoms. The molecule has 1 aromatic heterocycles. The maximum atomic E-state index is 11.2. The molecule has 2 heterocycles. The van der Waals surface area contributed by atoms with Gasteiger partial charge in [-0.1, -0.05) is 6.92 Å². The minimum absolute atomic E-state index is 0.0199. The van der Waals surface area contributed by atoms with E-state index in [1.54, 1.807) is 6.20 Å². The Kier molecular flexibility index (Phi) is 3.56. The molecular formula is C11H17N3O2. The molecular weight excluding hydrogens is 206 g/mol. The summed E-state index contributed by atoms with van der Waals surface area (Å²) < 4.78 is 7.22. The molecule has 0 bridgehead atoms. The van der Waals surface area contributed by atoms with Crippen molar-refractivity contribution < 1.29 is 9.53 Å². The van der Waals surface area contributed by atoms with E-state index < -0.39 is 0 Å². The summed E-state index contributed by atoms with van der Waals surface area (Å²) in [6.45, 7) is 3.42. The summed E-state index contributed by atoms with van der Waals surface area (Å²) in [5.41, 5.74) is 0.776. The van der Waals surface area contributed by atoms with Crippen LogP contribution in [-0.2, 0) is 9.53 Å². The molecule has 0 aromatic carbocycles. The van der Waals surface area contributed by atoms with E-state index in [2.05, 4.69) is 10.4 Å². The van der Waals surface area contributed by atoms with E-state index in [0.29, 0.717) is 12.5 Å². The highest BCUT2D eigenvalue weighted by molar-refractivity contribution is 5.90. The van der Waals surface area contributed by atoms with Crippen LogP contribution in [-0.4, -0.2) is 28.9 Å². The van der Waals surface area contributed by atoms with Gasteiger partial charge in [0.05, 0.1) is 17.9 Å². The Hall–Kier alpha value is -1.36. The number of nitrogens with one attached hydrogen (secondary N) is 1. The molecule has 0 unspecified atom stereocenters. The molecule has 1 amide bonds. The summed E-state index contributed by atoms with van der Waals surface area (Å²) in [6.07, 6.45) is 6.06. The van der Waals surface area contributed by atoms with Gasteiger partial charge in [-0.25, -0.2) is 0 Å². The summed E-state index contributed by atoms with van der Waals surface area (Å²) >= 11 is 0. The highest BCUT2D eigenvalue weighted by Crippen LogP contribution is 2.21. The van der Waals surface area contributed by atoms with Crippen LogP contribution >= 0.6 is 0 Å². The van der Waals surface area contributed by atoms with Gasteiger partial charge in [-0.3, -0.25) is 9.48 Å². The highest BCUT2D eigenvalue weighted by Gasteiger charge is 2.16. The number of aromatic nitrogens is 2. The molecule has 1 saturated heterocycles. The van der Waals surface area contributed by atoms with E-state index >= 15 is 0 Å². The zero-order valence-electron chi connectivity index (χ0n) is 9.48.